The summed E-state index contributed by atoms with van der Waals surface area (Å²) in [5, 5.41) is 0. The first kappa shape index (κ1) is 20.5. The third-order valence-electron chi connectivity index (χ3n) is 5.36. The first-order valence-corrected chi connectivity index (χ1v) is 11.6. The second kappa shape index (κ2) is 8.52. The van der Waals surface area contributed by atoms with Crippen LogP contribution in [0.25, 0.3) is 0 Å². The molecule has 0 bridgehead atoms. The van der Waals surface area contributed by atoms with Crippen LogP contribution in [-0.4, -0.2) is 30.7 Å². The van der Waals surface area contributed by atoms with E-state index in [-0.39, 0.29) is 17.6 Å². The molecular weight excluding hydrogens is 401 g/mol. The molecule has 7 heteroatoms. The highest BCUT2D eigenvalue weighted by molar-refractivity contribution is 7.91. The van der Waals surface area contributed by atoms with E-state index < -0.39 is 9.84 Å². The minimum atomic E-state index is -3.32. The zero-order valence-electron chi connectivity index (χ0n) is 16.7. The molecule has 3 aromatic rings. The second-order valence-electron chi connectivity index (χ2n) is 7.31. The van der Waals surface area contributed by atoms with Crippen LogP contribution in [0.15, 0.2) is 65.8 Å². The van der Waals surface area contributed by atoms with E-state index in [1.165, 1.54) is 6.07 Å². The van der Waals surface area contributed by atoms with Gasteiger partial charge in [-0.1, -0.05) is 37.3 Å². The van der Waals surface area contributed by atoms with E-state index >= 15 is 0 Å². The molecule has 0 aliphatic carbocycles. The van der Waals surface area contributed by atoms with Crippen molar-refractivity contribution in [2.75, 3.05) is 17.2 Å². The highest BCUT2D eigenvalue weighted by atomic mass is 32.2. The summed E-state index contributed by atoms with van der Waals surface area (Å²) in [6.45, 7) is 2.44. The van der Waals surface area contributed by atoms with Gasteiger partial charge >= 0.3 is 0 Å². The van der Waals surface area contributed by atoms with E-state index in [1.54, 1.807) is 56.1 Å². The van der Waals surface area contributed by atoms with Crippen LogP contribution in [0.2, 0.25) is 0 Å². The van der Waals surface area contributed by atoms with E-state index in [0.717, 1.165) is 30.5 Å². The number of sulfone groups is 1. The van der Waals surface area contributed by atoms with Gasteiger partial charge in [-0.25, -0.2) is 22.8 Å². The van der Waals surface area contributed by atoms with E-state index in [4.69, 9.17) is 0 Å². The molecule has 0 spiro atoms. The van der Waals surface area contributed by atoms with Gasteiger partial charge in [-0.05, 0) is 47.7 Å². The second-order valence-corrected chi connectivity index (χ2v) is 9.56. The van der Waals surface area contributed by atoms with E-state index in [9.17, 15) is 12.8 Å². The predicted octanol–water partition coefficient (Wildman–Crippen LogP) is 4.35. The lowest BCUT2D eigenvalue weighted by atomic mass is 10.0. The quantitative estimate of drug-likeness (QED) is 0.589. The fourth-order valence-corrected chi connectivity index (χ4v) is 4.92. The number of benzene rings is 2. The lowest BCUT2D eigenvalue weighted by Gasteiger charge is -2.25. The Kier molecular flexibility index (Phi) is 5.81. The molecule has 1 fully saturated rings. The minimum Gasteiger partial charge on any atom is -0.334 e. The van der Waals surface area contributed by atoms with Crippen LogP contribution in [0.4, 0.5) is 10.3 Å². The summed E-state index contributed by atoms with van der Waals surface area (Å²) < 4.78 is 38.4. The SMILES string of the molecule is CCS(=O)(=O)c1ccccc1[CH]c1cnc(N2CCCC2c2cccc(F)c2)nc1. The van der Waals surface area contributed by atoms with Gasteiger partial charge in [-0.2, -0.15) is 0 Å². The van der Waals surface area contributed by atoms with Gasteiger partial charge in [-0.3, -0.25) is 0 Å². The smallest absolute Gasteiger partial charge is 0.225 e. The number of rotatable bonds is 6. The van der Waals surface area contributed by atoms with Crippen molar-refractivity contribution in [3.05, 3.63) is 89.9 Å². The van der Waals surface area contributed by atoms with Crippen LogP contribution >= 0.6 is 0 Å². The van der Waals surface area contributed by atoms with Crippen LogP contribution < -0.4 is 4.90 Å². The van der Waals surface area contributed by atoms with Gasteiger partial charge in [0.1, 0.15) is 5.82 Å². The molecule has 1 aromatic heterocycles. The Labute approximate surface area is 176 Å². The summed E-state index contributed by atoms with van der Waals surface area (Å²) in [4.78, 5) is 11.4. The van der Waals surface area contributed by atoms with E-state index in [0.29, 0.717) is 16.4 Å². The van der Waals surface area contributed by atoms with Crippen molar-refractivity contribution in [3.8, 4) is 0 Å². The van der Waals surface area contributed by atoms with Gasteiger partial charge in [0.25, 0.3) is 0 Å². The van der Waals surface area contributed by atoms with Crippen molar-refractivity contribution in [1.82, 2.24) is 9.97 Å². The summed E-state index contributed by atoms with van der Waals surface area (Å²) >= 11 is 0. The lowest BCUT2D eigenvalue weighted by Crippen LogP contribution is -2.24. The van der Waals surface area contributed by atoms with Crippen LogP contribution in [0, 0.1) is 12.2 Å². The Bertz CT molecular complexity index is 1130. The van der Waals surface area contributed by atoms with Gasteiger partial charge in [0.05, 0.1) is 16.7 Å². The Hall–Kier alpha value is -2.80. The molecular formula is C23H23FN3O2S. The molecule has 0 saturated carbocycles. The molecule has 1 atom stereocenters. The Morgan fingerprint density at radius 2 is 1.90 bits per heavy atom. The summed E-state index contributed by atoms with van der Waals surface area (Å²) in [6.07, 6.45) is 7.07. The number of anilines is 1. The average Bonchev–Trinajstić information content (AvgIpc) is 3.24. The molecule has 2 aromatic carbocycles. The molecule has 1 radical (unpaired) electrons. The Balaban J connectivity index is 1.56. The zero-order valence-corrected chi connectivity index (χ0v) is 17.5. The number of aromatic nitrogens is 2. The maximum atomic E-state index is 13.7. The predicted molar refractivity (Wildman–Crippen MR) is 114 cm³/mol. The maximum absolute atomic E-state index is 13.7. The molecule has 0 N–H and O–H groups in total. The molecule has 0 amide bonds. The molecule has 30 heavy (non-hydrogen) atoms. The summed E-state index contributed by atoms with van der Waals surface area (Å²) in [5.74, 6) is 0.392. The minimum absolute atomic E-state index is 0.0454. The van der Waals surface area contributed by atoms with Crippen LogP contribution in [0.5, 0.6) is 0 Å². The number of hydrogen-bond donors (Lipinski definition) is 0. The summed E-state index contributed by atoms with van der Waals surface area (Å²) in [6, 6.07) is 13.6. The average molecular weight is 425 g/mol. The van der Waals surface area contributed by atoms with E-state index in [2.05, 4.69) is 14.9 Å². The standard InChI is InChI=1S/C23H23FN3O2S/c1-2-30(28,29)22-11-4-3-7-19(22)13-17-15-25-23(26-16-17)27-12-6-10-21(27)18-8-5-9-20(24)14-18/h3-5,7-9,11,13-16,21H,2,6,10,12H2,1H3. The fourth-order valence-electron chi connectivity index (χ4n) is 3.84. The topological polar surface area (TPSA) is 63.2 Å². The van der Waals surface area contributed by atoms with Crippen molar-refractivity contribution in [1.29, 1.82) is 0 Å². The largest absolute Gasteiger partial charge is 0.334 e. The molecule has 2 heterocycles. The third kappa shape index (κ3) is 4.21. The van der Waals surface area contributed by atoms with Crippen LogP contribution in [0.1, 0.15) is 42.5 Å². The van der Waals surface area contributed by atoms with Gasteiger partial charge in [-0.15, -0.1) is 0 Å². The first-order chi connectivity index (χ1) is 14.5. The van der Waals surface area contributed by atoms with Gasteiger partial charge in [0.2, 0.25) is 5.95 Å². The fraction of sp³-hybridized carbons (Fsp3) is 0.261. The number of nitrogens with zero attached hydrogens (tertiary/aromatic N) is 3. The maximum Gasteiger partial charge on any atom is 0.225 e. The van der Waals surface area contributed by atoms with Gasteiger partial charge in [0, 0.05) is 25.4 Å². The highest BCUT2D eigenvalue weighted by Crippen LogP contribution is 2.34. The summed E-state index contributed by atoms with van der Waals surface area (Å²) in [7, 11) is -3.32. The Morgan fingerprint density at radius 1 is 1.13 bits per heavy atom. The molecule has 1 aliphatic rings. The molecule has 5 nitrogen and oxygen atoms in total. The number of hydrogen-bond acceptors (Lipinski definition) is 5. The first-order valence-electron chi connectivity index (χ1n) is 9.98. The molecule has 1 aliphatic heterocycles. The van der Waals surface area contributed by atoms with Crippen molar-refractivity contribution >= 4 is 15.8 Å². The van der Waals surface area contributed by atoms with E-state index in [1.807, 2.05) is 12.1 Å². The summed E-state index contributed by atoms with van der Waals surface area (Å²) in [5.41, 5.74) is 2.26. The molecule has 1 unspecified atom stereocenters. The molecule has 4 rings (SSSR count). The molecule has 155 valence electrons. The van der Waals surface area contributed by atoms with Gasteiger partial charge < -0.3 is 4.90 Å². The normalized spacial score (nSPS) is 16.7. The monoisotopic (exact) mass is 424 g/mol. The van der Waals surface area contributed by atoms with Crippen molar-refractivity contribution in [2.24, 2.45) is 0 Å². The highest BCUT2D eigenvalue weighted by Gasteiger charge is 2.28. The lowest BCUT2D eigenvalue weighted by molar-refractivity contribution is 0.597. The van der Waals surface area contributed by atoms with Crippen molar-refractivity contribution in [3.63, 3.8) is 0 Å². The van der Waals surface area contributed by atoms with Gasteiger partial charge in [0.15, 0.2) is 9.84 Å². The van der Waals surface area contributed by atoms with Crippen molar-refractivity contribution < 1.29 is 12.8 Å². The zero-order chi connectivity index (χ0) is 21.1. The Morgan fingerprint density at radius 3 is 2.63 bits per heavy atom. The third-order valence-corrected chi connectivity index (χ3v) is 7.16. The van der Waals surface area contributed by atoms with Crippen LogP contribution in [0.3, 0.4) is 0 Å². The van der Waals surface area contributed by atoms with Crippen molar-refractivity contribution in [2.45, 2.75) is 30.7 Å². The van der Waals surface area contributed by atoms with Crippen LogP contribution in [-0.2, 0) is 9.84 Å². The number of halogens is 1. The molecule has 1 saturated heterocycles.